The molecule has 0 aliphatic heterocycles. The quantitative estimate of drug-likeness (QED) is 0.613. The van der Waals surface area contributed by atoms with Gasteiger partial charge in [0.1, 0.15) is 11.5 Å². The normalized spacial score (nSPS) is 45.5. The SMILES string of the molecule is CC(=O)[C@H]1CC[C@H]2[C@@H]3CC[C@H]4C[C@H]([CH]c5oc(=O)oc5C)CC[C@]4(C)[C@H]3CC[C@]12C. The highest BCUT2D eigenvalue weighted by atomic mass is 16.6. The van der Waals surface area contributed by atoms with E-state index in [1.807, 2.05) is 13.8 Å². The van der Waals surface area contributed by atoms with Gasteiger partial charge in [-0.3, -0.25) is 4.79 Å². The lowest BCUT2D eigenvalue weighted by Crippen LogP contribution is -2.53. The van der Waals surface area contributed by atoms with E-state index in [4.69, 9.17) is 8.83 Å². The van der Waals surface area contributed by atoms with Crippen LogP contribution in [-0.4, -0.2) is 5.78 Å². The monoisotopic (exact) mass is 413 g/mol. The van der Waals surface area contributed by atoms with E-state index in [0.717, 1.165) is 30.1 Å². The minimum Gasteiger partial charge on any atom is -0.396 e. The summed E-state index contributed by atoms with van der Waals surface area (Å²) in [5, 5.41) is 0. The van der Waals surface area contributed by atoms with E-state index in [1.165, 1.54) is 51.4 Å². The van der Waals surface area contributed by atoms with Crippen LogP contribution in [-0.2, 0) is 4.79 Å². The third kappa shape index (κ3) is 2.99. The van der Waals surface area contributed by atoms with Crippen LogP contribution in [0, 0.1) is 59.7 Å². The molecule has 4 aliphatic carbocycles. The van der Waals surface area contributed by atoms with Crippen molar-refractivity contribution >= 4 is 5.78 Å². The van der Waals surface area contributed by atoms with Gasteiger partial charge in [0.2, 0.25) is 0 Å². The second-order valence-corrected chi connectivity index (χ2v) is 11.5. The van der Waals surface area contributed by atoms with Crippen LogP contribution in [0.4, 0.5) is 0 Å². The van der Waals surface area contributed by atoms with Crippen molar-refractivity contribution in [3.05, 3.63) is 28.6 Å². The highest BCUT2D eigenvalue weighted by molar-refractivity contribution is 5.79. The Balaban J connectivity index is 1.32. The minimum absolute atomic E-state index is 0.248. The van der Waals surface area contributed by atoms with Gasteiger partial charge in [0.05, 0.1) is 0 Å². The average molecular weight is 414 g/mol. The molecule has 30 heavy (non-hydrogen) atoms. The molecule has 4 heteroatoms. The van der Waals surface area contributed by atoms with Gasteiger partial charge >= 0.3 is 5.82 Å². The maximum absolute atomic E-state index is 12.3. The van der Waals surface area contributed by atoms with Crippen LogP contribution >= 0.6 is 0 Å². The second-order valence-electron chi connectivity index (χ2n) is 11.5. The number of ketones is 1. The zero-order valence-electron chi connectivity index (χ0n) is 19.0. The molecule has 1 aromatic rings. The van der Waals surface area contributed by atoms with Crippen LogP contribution in [0.15, 0.2) is 13.6 Å². The van der Waals surface area contributed by atoms with Crippen molar-refractivity contribution in [3.63, 3.8) is 0 Å². The lowest BCUT2D eigenvalue weighted by molar-refractivity contribution is -0.134. The predicted octanol–water partition coefficient (Wildman–Crippen LogP) is 5.96. The van der Waals surface area contributed by atoms with Gasteiger partial charge in [-0.25, -0.2) is 4.79 Å². The second kappa shape index (κ2) is 7.10. The summed E-state index contributed by atoms with van der Waals surface area (Å²) in [6, 6.07) is 0. The van der Waals surface area contributed by atoms with Crippen molar-refractivity contribution in [1.29, 1.82) is 0 Å². The molecule has 0 amide bonds. The van der Waals surface area contributed by atoms with E-state index < -0.39 is 5.82 Å². The molecule has 0 bridgehead atoms. The molecule has 1 aromatic heterocycles. The lowest BCUT2D eigenvalue weighted by Gasteiger charge is -2.61. The Kier molecular flexibility index (Phi) is 4.87. The van der Waals surface area contributed by atoms with Gasteiger partial charge in [0, 0.05) is 12.3 Å². The predicted molar refractivity (Wildman–Crippen MR) is 115 cm³/mol. The summed E-state index contributed by atoms with van der Waals surface area (Å²) in [5.41, 5.74) is 0.673. The number of carbonyl (C=O) groups excluding carboxylic acids is 1. The van der Waals surface area contributed by atoms with Gasteiger partial charge in [-0.1, -0.05) is 13.8 Å². The summed E-state index contributed by atoms with van der Waals surface area (Å²) in [6.07, 6.45) is 13.4. The van der Waals surface area contributed by atoms with Crippen molar-refractivity contribution in [2.45, 2.75) is 85.5 Å². The average Bonchev–Trinajstić information content (AvgIpc) is 3.20. The van der Waals surface area contributed by atoms with Gasteiger partial charge in [-0.05, 0) is 112 Å². The van der Waals surface area contributed by atoms with E-state index in [-0.39, 0.29) is 5.41 Å². The third-order valence-corrected chi connectivity index (χ3v) is 10.4. The maximum Gasteiger partial charge on any atom is 0.519 e. The number of rotatable bonds is 3. The number of carbonyl (C=O) groups is 1. The van der Waals surface area contributed by atoms with E-state index in [0.29, 0.717) is 34.6 Å². The Morgan fingerprint density at radius 3 is 2.40 bits per heavy atom. The molecule has 1 radical (unpaired) electrons. The Labute approximate surface area is 180 Å². The summed E-state index contributed by atoms with van der Waals surface area (Å²) in [7, 11) is 0. The lowest BCUT2D eigenvalue weighted by atomic mass is 9.44. The molecule has 8 atom stereocenters. The topological polar surface area (TPSA) is 60.4 Å². The molecule has 0 spiro atoms. The summed E-state index contributed by atoms with van der Waals surface area (Å²) >= 11 is 0. The fourth-order valence-corrected chi connectivity index (χ4v) is 8.83. The summed E-state index contributed by atoms with van der Waals surface area (Å²) in [6.45, 7) is 8.65. The summed E-state index contributed by atoms with van der Waals surface area (Å²) < 4.78 is 10.3. The zero-order valence-corrected chi connectivity index (χ0v) is 19.0. The molecular weight excluding hydrogens is 376 g/mol. The molecule has 0 aromatic carbocycles. The molecule has 0 saturated heterocycles. The van der Waals surface area contributed by atoms with Crippen molar-refractivity contribution in [1.82, 2.24) is 0 Å². The Morgan fingerprint density at radius 2 is 1.70 bits per heavy atom. The zero-order chi connectivity index (χ0) is 21.3. The standard InChI is InChI=1S/C26H37O4/c1-15(27)20-7-8-21-19-6-5-18-13-17(14-23-16(2)29-24(28)30-23)9-11-25(18,3)22(19)10-12-26(20,21)4/h14,17-22H,5-13H2,1-4H3/t17-,18+,19+,20-,21+,22+,25+,26-/m1/s1. The fourth-order valence-electron chi connectivity index (χ4n) is 8.83. The highest BCUT2D eigenvalue weighted by Gasteiger charge is 2.60. The van der Waals surface area contributed by atoms with Gasteiger partial charge in [0.15, 0.2) is 5.76 Å². The first kappa shape index (κ1) is 20.6. The van der Waals surface area contributed by atoms with Crippen LogP contribution in [0.25, 0.3) is 0 Å². The number of hydrogen-bond acceptors (Lipinski definition) is 4. The molecule has 4 saturated carbocycles. The van der Waals surface area contributed by atoms with E-state index in [1.54, 1.807) is 0 Å². The van der Waals surface area contributed by atoms with E-state index in [2.05, 4.69) is 20.3 Å². The van der Waals surface area contributed by atoms with Crippen LogP contribution < -0.4 is 5.82 Å². The van der Waals surface area contributed by atoms with E-state index >= 15 is 0 Å². The molecule has 0 N–H and O–H groups in total. The Bertz CT molecular complexity index is 880. The van der Waals surface area contributed by atoms with E-state index in [9.17, 15) is 9.59 Å². The summed E-state index contributed by atoms with van der Waals surface area (Å²) in [5.74, 6) is 4.97. The smallest absolute Gasteiger partial charge is 0.396 e. The van der Waals surface area contributed by atoms with Crippen molar-refractivity contribution in [2.75, 3.05) is 0 Å². The maximum atomic E-state index is 12.3. The number of Topliss-reactive ketones (excluding diaryl/α,β-unsaturated/α-hetero) is 1. The number of aryl methyl sites for hydroxylation is 1. The molecule has 4 nitrogen and oxygen atoms in total. The molecule has 4 fully saturated rings. The van der Waals surface area contributed by atoms with Crippen LogP contribution in [0.5, 0.6) is 0 Å². The number of hydrogen-bond donors (Lipinski definition) is 0. The largest absolute Gasteiger partial charge is 0.519 e. The van der Waals surface area contributed by atoms with Crippen LogP contribution in [0.2, 0.25) is 0 Å². The van der Waals surface area contributed by atoms with Crippen LogP contribution in [0.1, 0.15) is 90.1 Å². The summed E-state index contributed by atoms with van der Waals surface area (Å²) in [4.78, 5) is 23.7. The first-order valence-electron chi connectivity index (χ1n) is 12.2. The first-order chi connectivity index (χ1) is 14.2. The molecule has 165 valence electrons. The van der Waals surface area contributed by atoms with Crippen LogP contribution in [0.3, 0.4) is 0 Å². The highest BCUT2D eigenvalue weighted by Crippen LogP contribution is 2.67. The Morgan fingerprint density at radius 1 is 0.967 bits per heavy atom. The third-order valence-electron chi connectivity index (χ3n) is 10.4. The molecule has 1 heterocycles. The Hall–Kier alpha value is -1.32. The van der Waals surface area contributed by atoms with Gasteiger partial charge in [-0.15, -0.1) is 0 Å². The first-order valence-corrected chi connectivity index (χ1v) is 12.2. The van der Waals surface area contributed by atoms with Gasteiger partial charge in [-0.2, -0.15) is 0 Å². The van der Waals surface area contributed by atoms with Crippen molar-refractivity contribution < 1.29 is 13.6 Å². The fraction of sp³-hybridized carbons (Fsp3) is 0.808. The molecule has 0 unspecified atom stereocenters. The van der Waals surface area contributed by atoms with Crippen molar-refractivity contribution in [2.24, 2.45) is 46.3 Å². The molecule has 5 rings (SSSR count). The van der Waals surface area contributed by atoms with Crippen molar-refractivity contribution in [3.8, 4) is 0 Å². The van der Waals surface area contributed by atoms with Gasteiger partial charge < -0.3 is 8.83 Å². The van der Waals surface area contributed by atoms with Gasteiger partial charge in [0.25, 0.3) is 0 Å². The molecular formula is C26H37O4. The molecule has 4 aliphatic rings. The minimum atomic E-state index is -0.592. The number of fused-ring (bicyclic) bond motifs is 5.